The average molecular weight is 380 g/mol. The second-order valence-corrected chi connectivity index (χ2v) is 7.38. The number of likely N-dealkylation sites (tertiary alicyclic amines) is 1. The molecule has 1 fully saturated rings. The van der Waals surface area contributed by atoms with Crippen molar-refractivity contribution in [2.24, 2.45) is 5.92 Å². The molecule has 4 nitrogen and oxygen atoms in total. The number of benzene rings is 1. The van der Waals surface area contributed by atoms with Crippen molar-refractivity contribution in [1.29, 1.82) is 0 Å². The molecule has 26 heavy (non-hydrogen) atoms. The Morgan fingerprint density at radius 3 is 2.58 bits per heavy atom. The van der Waals surface area contributed by atoms with Crippen LogP contribution in [0.15, 0.2) is 41.8 Å². The molecule has 1 amide bonds. The number of alkyl halides is 2. The number of hydrogen-bond donors (Lipinski definition) is 1. The summed E-state index contributed by atoms with van der Waals surface area (Å²) < 4.78 is 28.7. The van der Waals surface area contributed by atoms with Crippen LogP contribution in [0.25, 0.3) is 0 Å². The Labute approximate surface area is 155 Å². The molecular weight excluding hydrogens is 358 g/mol. The normalized spacial score (nSPS) is 16.0. The molecule has 0 saturated carbocycles. The number of piperidine rings is 1. The summed E-state index contributed by atoms with van der Waals surface area (Å²) in [7, 11) is 0. The highest BCUT2D eigenvalue weighted by Crippen LogP contribution is 2.20. The van der Waals surface area contributed by atoms with Crippen molar-refractivity contribution in [2.75, 3.05) is 19.6 Å². The molecule has 0 aliphatic carbocycles. The van der Waals surface area contributed by atoms with Crippen LogP contribution in [-0.2, 0) is 6.54 Å². The lowest BCUT2D eigenvalue weighted by molar-refractivity contribution is -0.0498. The van der Waals surface area contributed by atoms with Gasteiger partial charge in [0.1, 0.15) is 5.75 Å². The molecule has 1 aromatic heterocycles. The molecule has 1 aliphatic rings. The van der Waals surface area contributed by atoms with Gasteiger partial charge in [-0.2, -0.15) is 8.78 Å². The first-order valence-electron chi connectivity index (χ1n) is 8.68. The van der Waals surface area contributed by atoms with E-state index in [-0.39, 0.29) is 11.7 Å². The van der Waals surface area contributed by atoms with Crippen molar-refractivity contribution in [1.82, 2.24) is 10.2 Å². The van der Waals surface area contributed by atoms with Crippen LogP contribution < -0.4 is 10.1 Å². The van der Waals surface area contributed by atoms with Gasteiger partial charge in [-0.3, -0.25) is 9.69 Å². The van der Waals surface area contributed by atoms with Crippen LogP contribution in [0.4, 0.5) is 8.78 Å². The van der Waals surface area contributed by atoms with E-state index in [9.17, 15) is 13.6 Å². The van der Waals surface area contributed by atoms with Crippen molar-refractivity contribution in [3.05, 3.63) is 52.2 Å². The third-order valence-corrected chi connectivity index (χ3v) is 5.43. The van der Waals surface area contributed by atoms with Gasteiger partial charge >= 0.3 is 6.61 Å². The highest BCUT2D eigenvalue weighted by Gasteiger charge is 2.20. The Kier molecular flexibility index (Phi) is 6.57. The maximum absolute atomic E-state index is 12.2. The van der Waals surface area contributed by atoms with Crippen molar-refractivity contribution in [3.8, 4) is 5.75 Å². The number of nitrogens with one attached hydrogen (secondary N) is 1. The molecule has 0 unspecified atom stereocenters. The van der Waals surface area contributed by atoms with E-state index in [0.717, 1.165) is 42.9 Å². The van der Waals surface area contributed by atoms with E-state index in [4.69, 9.17) is 0 Å². The molecule has 3 rings (SSSR count). The standard InChI is InChI=1S/C19H22F2N2O2S/c20-19(21)25-16-5-3-15(4-6-16)13-23-9-7-14(8-10-23)12-22-18(24)17-2-1-11-26-17/h1-6,11,14,19H,7-10,12-13H2,(H,22,24). The second kappa shape index (κ2) is 9.09. The molecule has 2 heterocycles. The summed E-state index contributed by atoms with van der Waals surface area (Å²) in [6.45, 7) is 0.650. The number of carbonyl (C=O) groups is 1. The number of ether oxygens (including phenoxy) is 1. The first-order chi connectivity index (χ1) is 12.6. The van der Waals surface area contributed by atoms with Crippen LogP contribution in [0.2, 0.25) is 0 Å². The summed E-state index contributed by atoms with van der Waals surface area (Å²) in [5.74, 6) is 0.689. The fraction of sp³-hybridized carbons (Fsp3) is 0.421. The monoisotopic (exact) mass is 380 g/mol. The van der Waals surface area contributed by atoms with Gasteiger partial charge in [0.25, 0.3) is 5.91 Å². The minimum atomic E-state index is -2.79. The maximum Gasteiger partial charge on any atom is 0.387 e. The zero-order valence-corrected chi connectivity index (χ0v) is 15.2. The average Bonchev–Trinajstić information content (AvgIpc) is 3.17. The Balaban J connectivity index is 1.39. The van der Waals surface area contributed by atoms with Gasteiger partial charge in [-0.15, -0.1) is 11.3 Å². The van der Waals surface area contributed by atoms with Crippen molar-refractivity contribution in [3.63, 3.8) is 0 Å². The number of amides is 1. The Hall–Kier alpha value is -1.99. The predicted molar refractivity (Wildman–Crippen MR) is 97.7 cm³/mol. The summed E-state index contributed by atoms with van der Waals surface area (Å²) in [6, 6.07) is 10.5. The number of hydrogen-bond acceptors (Lipinski definition) is 4. The molecule has 0 spiro atoms. The van der Waals surface area contributed by atoms with Gasteiger partial charge < -0.3 is 10.1 Å². The molecule has 0 radical (unpaired) electrons. The Morgan fingerprint density at radius 1 is 1.23 bits per heavy atom. The van der Waals surface area contributed by atoms with Gasteiger partial charge in [0.15, 0.2) is 0 Å². The van der Waals surface area contributed by atoms with Crippen LogP contribution in [-0.4, -0.2) is 37.1 Å². The molecule has 1 aliphatic heterocycles. The summed E-state index contributed by atoms with van der Waals surface area (Å²) in [4.78, 5) is 15.1. The summed E-state index contributed by atoms with van der Waals surface area (Å²) >= 11 is 1.45. The van der Waals surface area contributed by atoms with Crippen molar-refractivity contribution >= 4 is 17.2 Å². The lowest BCUT2D eigenvalue weighted by Gasteiger charge is -2.32. The molecule has 1 saturated heterocycles. The lowest BCUT2D eigenvalue weighted by Crippen LogP contribution is -2.38. The van der Waals surface area contributed by atoms with E-state index in [0.29, 0.717) is 12.5 Å². The van der Waals surface area contributed by atoms with E-state index >= 15 is 0 Å². The maximum atomic E-state index is 12.2. The fourth-order valence-corrected chi connectivity index (χ4v) is 3.76. The van der Waals surface area contributed by atoms with E-state index in [1.807, 2.05) is 29.6 Å². The SMILES string of the molecule is O=C(NCC1CCN(Cc2ccc(OC(F)F)cc2)CC1)c1cccs1. The number of nitrogens with zero attached hydrogens (tertiary/aromatic N) is 1. The molecule has 1 N–H and O–H groups in total. The minimum absolute atomic E-state index is 0.00790. The van der Waals surface area contributed by atoms with Crippen LogP contribution in [0.1, 0.15) is 28.1 Å². The highest BCUT2D eigenvalue weighted by molar-refractivity contribution is 7.12. The van der Waals surface area contributed by atoms with E-state index < -0.39 is 6.61 Å². The molecule has 0 atom stereocenters. The number of halogens is 2. The van der Waals surface area contributed by atoms with Gasteiger partial charge in [0.2, 0.25) is 0 Å². The Bertz CT molecular complexity index is 684. The summed E-state index contributed by atoms with van der Waals surface area (Å²) in [6.07, 6.45) is 2.08. The largest absolute Gasteiger partial charge is 0.435 e. The minimum Gasteiger partial charge on any atom is -0.435 e. The zero-order chi connectivity index (χ0) is 18.4. The first kappa shape index (κ1) is 18.8. The van der Waals surface area contributed by atoms with Crippen LogP contribution >= 0.6 is 11.3 Å². The fourth-order valence-electron chi connectivity index (χ4n) is 3.12. The molecule has 1 aromatic carbocycles. The number of carbonyl (C=O) groups excluding carboxylic acids is 1. The zero-order valence-electron chi connectivity index (χ0n) is 14.4. The molecule has 140 valence electrons. The van der Waals surface area contributed by atoms with Crippen LogP contribution in [0.3, 0.4) is 0 Å². The third kappa shape index (κ3) is 5.51. The third-order valence-electron chi connectivity index (χ3n) is 4.56. The highest BCUT2D eigenvalue weighted by atomic mass is 32.1. The van der Waals surface area contributed by atoms with E-state index in [1.54, 1.807) is 12.1 Å². The number of rotatable bonds is 7. The number of thiophene rings is 1. The molecule has 0 bridgehead atoms. The van der Waals surface area contributed by atoms with Gasteiger partial charge in [-0.25, -0.2) is 0 Å². The predicted octanol–water partition coefficient (Wildman–Crippen LogP) is 3.99. The summed E-state index contributed by atoms with van der Waals surface area (Å²) in [5, 5.41) is 4.92. The Morgan fingerprint density at radius 2 is 1.96 bits per heavy atom. The van der Waals surface area contributed by atoms with E-state index in [2.05, 4.69) is 15.0 Å². The lowest BCUT2D eigenvalue weighted by atomic mass is 9.96. The van der Waals surface area contributed by atoms with E-state index in [1.165, 1.54) is 11.3 Å². The van der Waals surface area contributed by atoms with Crippen LogP contribution in [0.5, 0.6) is 5.75 Å². The van der Waals surface area contributed by atoms with Crippen LogP contribution in [0, 0.1) is 5.92 Å². The van der Waals surface area contributed by atoms with Gasteiger partial charge in [0, 0.05) is 13.1 Å². The smallest absolute Gasteiger partial charge is 0.387 e. The quantitative estimate of drug-likeness (QED) is 0.790. The summed E-state index contributed by atoms with van der Waals surface area (Å²) in [5.41, 5.74) is 1.08. The van der Waals surface area contributed by atoms with Gasteiger partial charge in [-0.05, 0) is 61.0 Å². The second-order valence-electron chi connectivity index (χ2n) is 6.43. The van der Waals surface area contributed by atoms with Crippen molar-refractivity contribution < 1.29 is 18.3 Å². The molecular formula is C19H22F2N2O2S. The van der Waals surface area contributed by atoms with Gasteiger partial charge in [-0.1, -0.05) is 18.2 Å². The topological polar surface area (TPSA) is 41.6 Å². The van der Waals surface area contributed by atoms with Gasteiger partial charge in [0.05, 0.1) is 4.88 Å². The molecule has 7 heteroatoms. The first-order valence-corrected chi connectivity index (χ1v) is 9.56. The molecule has 2 aromatic rings. The van der Waals surface area contributed by atoms with Crippen molar-refractivity contribution in [2.45, 2.75) is 26.0 Å².